The molecule has 0 unspecified atom stereocenters. The molecule has 0 radical (unpaired) electrons. The van der Waals surface area contributed by atoms with Crippen LogP contribution in [0.2, 0.25) is 0 Å². The molecule has 0 fully saturated rings. The summed E-state index contributed by atoms with van der Waals surface area (Å²) >= 11 is 1.63. The zero-order valence-electron chi connectivity index (χ0n) is 6.06. The van der Waals surface area contributed by atoms with Crippen molar-refractivity contribution in [2.45, 2.75) is 5.03 Å². The van der Waals surface area contributed by atoms with Crippen LogP contribution in [0.15, 0.2) is 29.8 Å². The molecule has 2 aromatic heterocycles. The second kappa shape index (κ2) is 2.54. The molecule has 56 valence electrons. The molecule has 0 spiro atoms. The van der Waals surface area contributed by atoms with Gasteiger partial charge in [-0.05, 0) is 12.3 Å². The summed E-state index contributed by atoms with van der Waals surface area (Å²) in [7, 11) is 0. The summed E-state index contributed by atoms with van der Waals surface area (Å²) in [5.41, 5.74) is 0.948. The molecule has 0 bridgehead atoms. The third kappa shape index (κ3) is 1.09. The maximum absolute atomic E-state index is 4.32. The predicted molar refractivity (Wildman–Crippen MR) is 44.8 cm³/mol. The number of rotatable bonds is 1. The number of hydrogen-bond donors (Lipinski definition) is 0. The van der Waals surface area contributed by atoms with Crippen LogP contribution in [-0.2, 0) is 0 Å². The van der Waals surface area contributed by atoms with Crippen LogP contribution in [0.5, 0.6) is 0 Å². The molecule has 11 heavy (non-hydrogen) atoms. The third-order valence-corrected chi connectivity index (χ3v) is 2.06. The van der Waals surface area contributed by atoms with Crippen molar-refractivity contribution in [3.8, 4) is 0 Å². The van der Waals surface area contributed by atoms with Gasteiger partial charge in [0.2, 0.25) is 0 Å². The number of hydrogen-bond acceptors (Lipinski definition) is 3. The van der Waals surface area contributed by atoms with E-state index >= 15 is 0 Å². The number of aromatic nitrogens is 3. The molecular formula is C7H7N3S. The normalized spacial score (nSPS) is 10.6. The van der Waals surface area contributed by atoms with E-state index in [9.17, 15) is 0 Å². The van der Waals surface area contributed by atoms with Gasteiger partial charge in [0, 0.05) is 12.4 Å². The molecule has 0 aromatic carbocycles. The SMILES string of the molecule is CSc1cn2cnccc2n1. The van der Waals surface area contributed by atoms with Crippen molar-refractivity contribution in [1.29, 1.82) is 0 Å². The highest BCUT2D eigenvalue weighted by atomic mass is 32.2. The number of imidazole rings is 1. The average Bonchev–Trinajstić information content (AvgIpc) is 2.46. The van der Waals surface area contributed by atoms with Crippen molar-refractivity contribution in [1.82, 2.24) is 14.4 Å². The Morgan fingerprint density at radius 2 is 2.45 bits per heavy atom. The van der Waals surface area contributed by atoms with E-state index in [4.69, 9.17) is 0 Å². The molecule has 4 heteroatoms. The summed E-state index contributed by atoms with van der Waals surface area (Å²) in [5, 5.41) is 1.03. The third-order valence-electron chi connectivity index (χ3n) is 1.45. The van der Waals surface area contributed by atoms with Crippen LogP contribution in [0.3, 0.4) is 0 Å². The first-order chi connectivity index (χ1) is 5.40. The Bertz CT molecular complexity index is 335. The lowest BCUT2D eigenvalue weighted by Gasteiger charge is -1.85. The standard InChI is InChI=1S/C7H7N3S/c1-11-7-4-10-5-8-3-2-6(10)9-7/h2-5H,1H3. The van der Waals surface area contributed by atoms with Gasteiger partial charge in [0.05, 0.1) is 0 Å². The van der Waals surface area contributed by atoms with Gasteiger partial charge in [0.15, 0.2) is 0 Å². The van der Waals surface area contributed by atoms with Crippen molar-refractivity contribution >= 4 is 17.4 Å². The summed E-state index contributed by atoms with van der Waals surface area (Å²) in [6.07, 6.45) is 7.47. The molecular weight excluding hydrogens is 158 g/mol. The molecule has 2 aromatic rings. The Morgan fingerprint density at radius 1 is 1.55 bits per heavy atom. The molecule has 0 aliphatic rings. The highest BCUT2D eigenvalue weighted by Crippen LogP contribution is 2.12. The van der Waals surface area contributed by atoms with Crippen LogP contribution < -0.4 is 0 Å². The average molecular weight is 165 g/mol. The quantitative estimate of drug-likeness (QED) is 0.599. The van der Waals surface area contributed by atoms with Gasteiger partial charge >= 0.3 is 0 Å². The van der Waals surface area contributed by atoms with E-state index in [1.54, 1.807) is 24.3 Å². The van der Waals surface area contributed by atoms with Crippen LogP contribution in [0.25, 0.3) is 5.65 Å². The van der Waals surface area contributed by atoms with E-state index in [1.165, 1.54) is 0 Å². The minimum atomic E-state index is 0.948. The predicted octanol–water partition coefficient (Wildman–Crippen LogP) is 1.45. The monoisotopic (exact) mass is 165 g/mol. The van der Waals surface area contributed by atoms with Crippen LogP contribution in [0.4, 0.5) is 0 Å². The number of thioether (sulfide) groups is 1. The lowest BCUT2D eigenvalue weighted by atomic mass is 10.6. The fourth-order valence-corrected chi connectivity index (χ4v) is 1.32. The minimum Gasteiger partial charge on any atom is -0.289 e. The molecule has 0 amide bonds. The molecule has 0 saturated carbocycles. The first-order valence-electron chi connectivity index (χ1n) is 3.23. The highest BCUT2D eigenvalue weighted by Gasteiger charge is 1.96. The maximum atomic E-state index is 4.32. The van der Waals surface area contributed by atoms with Gasteiger partial charge in [-0.25, -0.2) is 9.97 Å². The van der Waals surface area contributed by atoms with E-state index in [0.29, 0.717) is 0 Å². The summed E-state index contributed by atoms with van der Waals surface area (Å²) in [5.74, 6) is 0. The Morgan fingerprint density at radius 3 is 3.18 bits per heavy atom. The van der Waals surface area contributed by atoms with Crippen LogP contribution in [-0.4, -0.2) is 20.6 Å². The van der Waals surface area contributed by atoms with Crippen LogP contribution >= 0.6 is 11.8 Å². The zero-order valence-corrected chi connectivity index (χ0v) is 6.88. The summed E-state index contributed by atoms with van der Waals surface area (Å²) < 4.78 is 1.91. The molecule has 2 rings (SSSR count). The van der Waals surface area contributed by atoms with Crippen molar-refractivity contribution in [3.63, 3.8) is 0 Å². The Kier molecular flexibility index (Phi) is 1.54. The van der Waals surface area contributed by atoms with Gasteiger partial charge in [-0.3, -0.25) is 4.40 Å². The minimum absolute atomic E-state index is 0.948. The lowest BCUT2D eigenvalue weighted by Crippen LogP contribution is -1.81. The highest BCUT2D eigenvalue weighted by molar-refractivity contribution is 7.98. The van der Waals surface area contributed by atoms with E-state index < -0.39 is 0 Å². The second-order valence-electron chi connectivity index (χ2n) is 2.13. The Labute approximate surface area is 68.5 Å². The Hall–Kier alpha value is -1.03. The smallest absolute Gasteiger partial charge is 0.140 e. The Balaban J connectivity index is 2.69. The van der Waals surface area contributed by atoms with E-state index in [0.717, 1.165) is 10.7 Å². The van der Waals surface area contributed by atoms with Gasteiger partial charge in [0.25, 0.3) is 0 Å². The molecule has 0 atom stereocenters. The number of nitrogens with zero attached hydrogens (tertiary/aromatic N) is 3. The lowest BCUT2D eigenvalue weighted by molar-refractivity contribution is 1.08. The van der Waals surface area contributed by atoms with Crippen molar-refractivity contribution in [2.75, 3.05) is 6.26 Å². The van der Waals surface area contributed by atoms with Crippen molar-refractivity contribution in [3.05, 3.63) is 24.8 Å². The van der Waals surface area contributed by atoms with E-state index in [2.05, 4.69) is 9.97 Å². The fourth-order valence-electron chi connectivity index (χ4n) is 0.919. The summed E-state index contributed by atoms with van der Waals surface area (Å²) in [4.78, 5) is 8.29. The summed E-state index contributed by atoms with van der Waals surface area (Å²) in [6.45, 7) is 0. The topological polar surface area (TPSA) is 30.2 Å². The van der Waals surface area contributed by atoms with Crippen LogP contribution in [0, 0.1) is 0 Å². The largest absolute Gasteiger partial charge is 0.289 e. The molecule has 0 aliphatic heterocycles. The maximum Gasteiger partial charge on any atom is 0.140 e. The van der Waals surface area contributed by atoms with Gasteiger partial charge in [0.1, 0.15) is 17.0 Å². The number of fused-ring (bicyclic) bond motifs is 1. The van der Waals surface area contributed by atoms with E-state index in [1.807, 2.05) is 22.9 Å². The summed E-state index contributed by atoms with van der Waals surface area (Å²) in [6, 6.07) is 1.89. The van der Waals surface area contributed by atoms with Gasteiger partial charge in [-0.2, -0.15) is 0 Å². The molecule has 3 nitrogen and oxygen atoms in total. The van der Waals surface area contributed by atoms with Gasteiger partial charge in [-0.15, -0.1) is 11.8 Å². The van der Waals surface area contributed by atoms with Gasteiger partial charge in [-0.1, -0.05) is 0 Å². The van der Waals surface area contributed by atoms with Gasteiger partial charge < -0.3 is 0 Å². The van der Waals surface area contributed by atoms with Crippen molar-refractivity contribution in [2.24, 2.45) is 0 Å². The molecule has 0 saturated heterocycles. The first kappa shape index (κ1) is 6.67. The van der Waals surface area contributed by atoms with Crippen molar-refractivity contribution < 1.29 is 0 Å². The second-order valence-corrected chi connectivity index (χ2v) is 2.96. The zero-order chi connectivity index (χ0) is 7.68. The van der Waals surface area contributed by atoms with E-state index in [-0.39, 0.29) is 0 Å². The molecule has 2 heterocycles. The fraction of sp³-hybridized carbons (Fsp3) is 0.143. The molecule has 0 aliphatic carbocycles. The molecule has 0 N–H and O–H groups in total. The van der Waals surface area contributed by atoms with Crippen LogP contribution in [0.1, 0.15) is 0 Å². The first-order valence-corrected chi connectivity index (χ1v) is 4.45.